The van der Waals surface area contributed by atoms with E-state index in [1.807, 2.05) is 37.3 Å². The van der Waals surface area contributed by atoms with Gasteiger partial charge in [-0.15, -0.1) is 0 Å². The summed E-state index contributed by atoms with van der Waals surface area (Å²) in [6, 6.07) is 13.1. The van der Waals surface area contributed by atoms with Crippen LogP contribution < -0.4 is 24.3 Å². The highest BCUT2D eigenvalue weighted by Gasteiger charge is 2.17. The fraction of sp³-hybridized carbons (Fsp3) is 0.409. The lowest BCUT2D eigenvalue weighted by Crippen LogP contribution is -2.38. The molecular weight excluding hydrogens is 358 g/mol. The molecule has 2 aromatic carbocycles. The van der Waals surface area contributed by atoms with E-state index in [-0.39, 0.29) is 5.91 Å². The first-order valence-corrected chi connectivity index (χ1v) is 9.40. The van der Waals surface area contributed by atoms with Gasteiger partial charge in [-0.05, 0) is 61.2 Å². The summed E-state index contributed by atoms with van der Waals surface area (Å²) in [5.74, 6) is 2.71. The van der Waals surface area contributed by atoms with E-state index in [2.05, 4.69) is 5.32 Å². The molecule has 1 amide bonds. The minimum absolute atomic E-state index is 0.106. The second-order valence-corrected chi connectivity index (χ2v) is 6.27. The maximum Gasteiger partial charge on any atom is 0.261 e. The fourth-order valence-corrected chi connectivity index (χ4v) is 2.79. The Balaban J connectivity index is 1.80. The Labute approximate surface area is 166 Å². The van der Waals surface area contributed by atoms with Crippen molar-refractivity contribution in [2.45, 2.75) is 32.3 Å². The van der Waals surface area contributed by atoms with Gasteiger partial charge in [0, 0.05) is 6.54 Å². The number of methoxy groups -OCH3 is 3. The molecule has 1 N–H and O–H groups in total. The first-order valence-electron chi connectivity index (χ1n) is 9.40. The van der Waals surface area contributed by atoms with Crippen LogP contribution in [0.3, 0.4) is 0 Å². The number of nitrogens with one attached hydrogen (secondary N) is 1. The van der Waals surface area contributed by atoms with Gasteiger partial charge in [0.25, 0.3) is 5.91 Å². The maximum absolute atomic E-state index is 12.4. The molecule has 1 atom stereocenters. The molecule has 6 heteroatoms. The standard InChI is InChI=1S/C22H29NO5/c1-5-19(28-18-11-9-17(25-2)10-12-18)22(24)23-14-6-7-16-8-13-20(26-3)21(15-16)27-4/h8-13,15,19H,5-7,14H2,1-4H3,(H,23,24). The Morgan fingerprint density at radius 3 is 2.21 bits per heavy atom. The van der Waals surface area contributed by atoms with Gasteiger partial charge in [-0.2, -0.15) is 0 Å². The molecule has 0 bridgehead atoms. The number of aryl methyl sites for hydroxylation is 1. The number of amides is 1. The number of hydrogen-bond donors (Lipinski definition) is 1. The van der Waals surface area contributed by atoms with E-state index < -0.39 is 6.10 Å². The summed E-state index contributed by atoms with van der Waals surface area (Å²) in [6.07, 6.45) is 1.72. The molecule has 0 fully saturated rings. The molecular formula is C22H29NO5. The van der Waals surface area contributed by atoms with Gasteiger partial charge < -0.3 is 24.3 Å². The van der Waals surface area contributed by atoms with Crippen molar-refractivity contribution >= 4 is 5.91 Å². The van der Waals surface area contributed by atoms with Crippen molar-refractivity contribution in [3.05, 3.63) is 48.0 Å². The van der Waals surface area contributed by atoms with Crippen molar-refractivity contribution in [1.29, 1.82) is 0 Å². The van der Waals surface area contributed by atoms with Crippen LogP contribution in [-0.2, 0) is 11.2 Å². The van der Waals surface area contributed by atoms with Crippen molar-refractivity contribution in [3.8, 4) is 23.0 Å². The zero-order valence-electron chi connectivity index (χ0n) is 17.0. The lowest BCUT2D eigenvalue weighted by atomic mass is 10.1. The highest BCUT2D eigenvalue weighted by Crippen LogP contribution is 2.27. The SMILES string of the molecule is CCC(Oc1ccc(OC)cc1)C(=O)NCCCc1ccc(OC)c(OC)c1. The molecule has 0 aliphatic rings. The van der Waals surface area contributed by atoms with Crippen LogP contribution in [0.2, 0.25) is 0 Å². The summed E-state index contributed by atoms with van der Waals surface area (Å²) < 4.78 is 21.5. The molecule has 0 radical (unpaired) electrons. The molecule has 0 saturated heterocycles. The van der Waals surface area contributed by atoms with E-state index in [1.165, 1.54) is 0 Å². The fourth-order valence-electron chi connectivity index (χ4n) is 2.79. The molecule has 2 rings (SSSR count). The van der Waals surface area contributed by atoms with Crippen LogP contribution in [0.15, 0.2) is 42.5 Å². The van der Waals surface area contributed by atoms with Gasteiger partial charge in [0.15, 0.2) is 17.6 Å². The molecule has 0 heterocycles. The van der Waals surface area contributed by atoms with Crippen LogP contribution in [-0.4, -0.2) is 39.9 Å². The quantitative estimate of drug-likeness (QED) is 0.597. The maximum atomic E-state index is 12.4. The summed E-state index contributed by atoms with van der Waals surface area (Å²) in [7, 11) is 4.85. The molecule has 0 spiro atoms. The predicted octanol–water partition coefficient (Wildman–Crippen LogP) is 3.62. The lowest BCUT2D eigenvalue weighted by Gasteiger charge is -2.17. The lowest BCUT2D eigenvalue weighted by molar-refractivity contribution is -0.128. The minimum atomic E-state index is -0.519. The first kappa shape index (κ1) is 21.4. The second kappa shape index (κ2) is 11.1. The third-order valence-corrected chi connectivity index (χ3v) is 4.39. The molecule has 2 aromatic rings. The molecule has 6 nitrogen and oxygen atoms in total. The van der Waals surface area contributed by atoms with E-state index in [1.54, 1.807) is 33.5 Å². The zero-order valence-corrected chi connectivity index (χ0v) is 17.0. The largest absolute Gasteiger partial charge is 0.497 e. The van der Waals surface area contributed by atoms with Gasteiger partial charge in [-0.25, -0.2) is 0 Å². The number of benzene rings is 2. The van der Waals surface area contributed by atoms with Crippen molar-refractivity contribution < 1.29 is 23.7 Å². The summed E-state index contributed by atoms with van der Waals surface area (Å²) >= 11 is 0. The van der Waals surface area contributed by atoms with Crippen LogP contribution in [0.5, 0.6) is 23.0 Å². The Kier molecular flexibility index (Phi) is 8.46. The van der Waals surface area contributed by atoms with E-state index in [0.29, 0.717) is 30.2 Å². The second-order valence-electron chi connectivity index (χ2n) is 6.27. The van der Waals surface area contributed by atoms with Crippen LogP contribution in [0.25, 0.3) is 0 Å². The van der Waals surface area contributed by atoms with Crippen LogP contribution in [0.4, 0.5) is 0 Å². The topological polar surface area (TPSA) is 66.0 Å². The average molecular weight is 387 g/mol. The number of ether oxygens (including phenoxy) is 4. The van der Waals surface area contributed by atoms with Gasteiger partial charge in [-0.3, -0.25) is 4.79 Å². The highest BCUT2D eigenvalue weighted by molar-refractivity contribution is 5.81. The molecule has 0 aliphatic heterocycles. The predicted molar refractivity (Wildman–Crippen MR) is 109 cm³/mol. The van der Waals surface area contributed by atoms with Crippen LogP contribution >= 0.6 is 0 Å². The van der Waals surface area contributed by atoms with E-state index >= 15 is 0 Å². The van der Waals surface area contributed by atoms with E-state index in [9.17, 15) is 4.79 Å². The average Bonchev–Trinajstić information content (AvgIpc) is 2.75. The Morgan fingerprint density at radius 2 is 1.61 bits per heavy atom. The zero-order chi connectivity index (χ0) is 20.4. The Hall–Kier alpha value is -2.89. The smallest absolute Gasteiger partial charge is 0.261 e. The monoisotopic (exact) mass is 387 g/mol. The van der Waals surface area contributed by atoms with Gasteiger partial charge in [0.2, 0.25) is 0 Å². The van der Waals surface area contributed by atoms with Crippen molar-refractivity contribution in [1.82, 2.24) is 5.32 Å². The number of hydrogen-bond acceptors (Lipinski definition) is 5. The molecule has 28 heavy (non-hydrogen) atoms. The van der Waals surface area contributed by atoms with Gasteiger partial charge in [0.1, 0.15) is 11.5 Å². The molecule has 0 saturated carbocycles. The highest BCUT2D eigenvalue weighted by atomic mass is 16.5. The summed E-state index contributed by atoms with van der Waals surface area (Å²) in [4.78, 5) is 12.4. The minimum Gasteiger partial charge on any atom is -0.497 e. The van der Waals surface area contributed by atoms with Crippen molar-refractivity contribution in [2.75, 3.05) is 27.9 Å². The van der Waals surface area contributed by atoms with Gasteiger partial charge in [0.05, 0.1) is 21.3 Å². The number of carbonyl (C=O) groups excluding carboxylic acids is 1. The Bertz CT molecular complexity index is 745. The van der Waals surface area contributed by atoms with Crippen LogP contribution in [0, 0.1) is 0 Å². The van der Waals surface area contributed by atoms with Crippen molar-refractivity contribution in [2.24, 2.45) is 0 Å². The van der Waals surface area contributed by atoms with Gasteiger partial charge >= 0.3 is 0 Å². The third-order valence-electron chi connectivity index (χ3n) is 4.39. The van der Waals surface area contributed by atoms with Crippen molar-refractivity contribution in [3.63, 3.8) is 0 Å². The van der Waals surface area contributed by atoms with E-state index in [0.717, 1.165) is 24.2 Å². The van der Waals surface area contributed by atoms with Crippen LogP contribution in [0.1, 0.15) is 25.3 Å². The van der Waals surface area contributed by atoms with Gasteiger partial charge in [-0.1, -0.05) is 13.0 Å². The molecule has 0 aromatic heterocycles. The normalized spacial score (nSPS) is 11.4. The number of carbonyl (C=O) groups is 1. The summed E-state index contributed by atoms with van der Waals surface area (Å²) in [5, 5.41) is 2.95. The first-order chi connectivity index (χ1) is 13.6. The summed E-state index contributed by atoms with van der Waals surface area (Å²) in [5.41, 5.74) is 1.13. The number of rotatable bonds is 11. The summed E-state index contributed by atoms with van der Waals surface area (Å²) in [6.45, 7) is 2.51. The molecule has 0 aliphatic carbocycles. The third kappa shape index (κ3) is 6.08. The molecule has 1 unspecified atom stereocenters. The van der Waals surface area contributed by atoms with E-state index in [4.69, 9.17) is 18.9 Å². The Morgan fingerprint density at radius 1 is 0.929 bits per heavy atom. The molecule has 152 valence electrons.